The van der Waals surface area contributed by atoms with E-state index in [1.165, 1.54) is 12.1 Å². The van der Waals surface area contributed by atoms with Gasteiger partial charge in [0.1, 0.15) is 5.82 Å². The first-order chi connectivity index (χ1) is 8.12. The molecule has 0 aromatic heterocycles. The first-order valence-corrected chi connectivity index (χ1v) is 5.51. The fraction of sp³-hybridized carbons (Fsp3) is 0.385. The van der Waals surface area contributed by atoms with E-state index in [0.29, 0.717) is 30.6 Å². The monoisotopic (exact) mass is 234 g/mol. The van der Waals surface area contributed by atoms with Crippen LogP contribution in [0.4, 0.5) is 10.1 Å². The highest BCUT2D eigenvalue weighted by molar-refractivity contribution is 5.84. The molecule has 0 bridgehead atoms. The van der Waals surface area contributed by atoms with Gasteiger partial charge in [-0.05, 0) is 32.0 Å². The summed E-state index contributed by atoms with van der Waals surface area (Å²) < 4.78 is 13.0. The second-order valence-corrected chi connectivity index (χ2v) is 3.89. The zero-order chi connectivity index (χ0) is 12.8. The fourth-order valence-electron chi connectivity index (χ4n) is 1.68. The molecule has 0 saturated carbocycles. The molecule has 1 aromatic rings. The molecule has 0 aliphatic rings. The van der Waals surface area contributed by atoms with E-state index in [4.69, 9.17) is 5.26 Å². The third-order valence-electron chi connectivity index (χ3n) is 2.55. The van der Waals surface area contributed by atoms with Crippen molar-refractivity contribution < 1.29 is 9.18 Å². The highest BCUT2D eigenvalue weighted by Crippen LogP contribution is 2.21. The largest absolute Gasteiger partial charge is 0.370 e. The summed E-state index contributed by atoms with van der Waals surface area (Å²) in [5.41, 5.74) is 0.989. The number of anilines is 1. The van der Waals surface area contributed by atoms with Crippen molar-refractivity contribution in [3.63, 3.8) is 0 Å². The van der Waals surface area contributed by atoms with E-state index < -0.39 is 5.82 Å². The van der Waals surface area contributed by atoms with E-state index in [0.717, 1.165) is 0 Å². The van der Waals surface area contributed by atoms with Crippen molar-refractivity contribution in [3.05, 3.63) is 29.6 Å². The summed E-state index contributed by atoms with van der Waals surface area (Å²) in [7, 11) is 0. The highest BCUT2D eigenvalue weighted by Gasteiger charge is 2.13. The van der Waals surface area contributed by atoms with E-state index in [1.54, 1.807) is 6.07 Å². The minimum atomic E-state index is -0.430. The molecule has 0 heterocycles. The SMILES string of the molecule is CCN(CC(C)C#N)c1ccc(F)cc1C=O. The van der Waals surface area contributed by atoms with E-state index >= 15 is 0 Å². The first-order valence-electron chi connectivity index (χ1n) is 5.51. The Labute approximate surface area is 100 Å². The fourth-order valence-corrected chi connectivity index (χ4v) is 1.68. The van der Waals surface area contributed by atoms with Crippen molar-refractivity contribution in [1.29, 1.82) is 5.26 Å². The number of benzene rings is 1. The molecule has 1 aromatic carbocycles. The van der Waals surface area contributed by atoms with Crippen LogP contribution in [0.25, 0.3) is 0 Å². The van der Waals surface area contributed by atoms with Gasteiger partial charge >= 0.3 is 0 Å². The summed E-state index contributed by atoms with van der Waals surface area (Å²) in [6.45, 7) is 4.94. The molecule has 0 aliphatic carbocycles. The minimum absolute atomic E-state index is 0.139. The van der Waals surface area contributed by atoms with E-state index in [-0.39, 0.29) is 5.92 Å². The van der Waals surface area contributed by atoms with Crippen molar-refractivity contribution in [3.8, 4) is 6.07 Å². The number of hydrogen-bond acceptors (Lipinski definition) is 3. The Bertz CT molecular complexity index is 440. The zero-order valence-electron chi connectivity index (χ0n) is 9.98. The molecule has 0 saturated heterocycles. The van der Waals surface area contributed by atoms with Crippen LogP contribution in [0.3, 0.4) is 0 Å². The van der Waals surface area contributed by atoms with Crippen LogP contribution in [0.2, 0.25) is 0 Å². The van der Waals surface area contributed by atoms with Crippen molar-refractivity contribution in [2.24, 2.45) is 5.92 Å². The summed E-state index contributed by atoms with van der Waals surface area (Å²) >= 11 is 0. The Morgan fingerprint density at radius 2 is 2.29 bits per heavy atom. The summed E-state index contributed by atoms with van der Waals surface area (Å²) in [5.74, 6) is -0.570. The quantitative estimate of drug-likeness (QED) is 0.735. The molecule has 4 heteroatoms. The summed E-state index contributed by atoms with van der Waals surface area (Å²) in [6, 6.07) is 6.25. The molecule has 90 valence electrons. The zero-order valence-corrected chi connectivity index (χ0v) is 9.98. The topological polar surface area (TPSA) is 44.1 Å². The Kier molecular flexibility index (Phi) is 4.65. The third-order valence-corrected chi connectivity index (χ3v) is 2.55. The second-order valence-electron chi connectivity index (χ2n) is 3.89. The number of rotatable bonds is 5. The van der Waals surface area contributed by atoms with Gasteiger partial charge in [0.2, 0.25) is 0 Å². The van der Waals surface area contributed by atoms with E-state index in [1.807, 2.05) is 18.7 Å². The maximum atomic E-state index is 13.0. The van der Waals surface area contributed by atoms with Crippen molar-refractivity contribution in [2.45, 2.75) is 13.8 Å². The number of nitrogens with zero attached hydrogens (tertiary/aromatic N) is 2. The van der Waals surface area contributed by atoms with Gasteiger partial charge in [0.05, 0.1) is 12.0 Å². The molecule has 0 aliphatic heterocycles. The van der Waals surface area contributed by atoms with Crippen LogP contribution in [0.15, 0.2) is 18.2 Å². The van der Waals surface area contributed by atoms with Gasteiger partial charge in [0, 0.05) is 24.3 Å². The van der Waals surface area contributed by atoms with Crippen molar-refractivity contribution >= 4 is 12.0 Å². The van der Waals surface area contributed by atoms with Gasteiger partial charge in [-0.25, -0.2) is 4.39 Å². The molecule has 0 N–H and O–H groups in total. The molecule has 0 spiro atoms. The van der Waals surface area contributed by atoms with Gasteiger partial charge in [-0.15, -0.1) is 0 Å². The molecule has 0 fully saturated rings. The Balaban J connectivity index is 3.03. The van der Waals surface area contributed by atoms with Crippen LogP contribution in [-0.4, -0.2) is 19.4 Å². The molecular weight excluding hydrogens is 219 g/mol. The van der Waals surface area contributed by atoms with Gasteiger partial charge in [-0.3, -0.25) is 4.79 Å². The Morgan fingerprint density at radius 1 is 1.59 bits per heavy atom. The Morgan fingerprint density at radius 3 is 2.82 bits per heavy atom. The average molecular weight is 234 g/mol. The number of hydrogen-bond donors (Lipinski definition) is 0. The number of nitriles is 1. The lowest BCUT2D eigenvalue weighted by molar-refractivity contribution is 0.112. The molecule has 1 rings (SSSR count). The molecule has 3 nitrogen and oxygen atoms in total. The van der Waals surface area contributed by atoms with Crippen molar-refractivity contribution in [1.82, 2.24) is 0 Å². The maximum Gasteiger partial charge on any atom is 0.152 e. The summed E-state index contributed by atoms with van der Waals surface area (Å²) in [5, 5.41) is 8.79. The molecular formula is C13H15FN2O. The van der Waals surface area contributed by atoms with E-state index in [2.05, 4.69) is 6.07 Å². The van der Waals surface area contributed by atoms with Gasteiger partial charge < -0.3 is 4.90 Å². The second kappa shape index (κ2) is 6.00. The number of carbonyl (C=O) groups is 1. The first kappa shape index (κ1) is 13.2. The number of carbonyl (C=O) groups excluding carboxylic acids is 1. The number of halogens is 1. The van der Waals surface area contributed by atoms with Gasteiger partial charge in [0.25, 0.3) is 0 Å². The third kappa shape index (κ3) is 3.28. The van der Waals surface area contributed by atoms with Crippen LogP contribution >= 0.6 is 0 Å². The average Bonchev–Trinajstić information content (AvgIpc) is 2.35. The predicted octanol–water partition coefficient (Wildman–Crippen LogP) is 2.62. The standard InChI is InChI=1S/C13H15FN2O/c1-3-16(8-10(2)7-15)13-5-4-12(14)6-11(13)9-17/h4-6,9-10H,3,8H2,1-2H3. The predicted molar refractivity (Wildman–Crippen MR) is 64.5 cm³/mol. The summed E-state index contributed by atoms with van der Waals surface area (Å²) in [4.78, 5) is 12.8. The van der Waals surface area contributed by atoms with E-state index in [9.17, 15) is 9.18 Å². The Hall–Kier alpha value is -1.89. The smallest absolute Gasteiger partial charge is 0.152 e. The lowest BCUT2D eigenvalue weighted by Gasteiger charge is -2.25. The van der Waals surface area contributed by atoms with Crippen LogP contribution in [0.1, 0.15) is 24.2 Å². The molecule has 0 amide bonds. The molecule has 1 atom stereocenters. The van der Waals surface area contributed by atoms with Gasteiger partial charge in [-0.2, -0.15) is 5.26 Å². The number of aldehydes is 1. The molecule has 0 radical (unpaired) electrons. The lowest BCUT2D eigenvalue weighted by Crippen LogP contribution is -2.28. The normalized spacial score (nSPS) is 11.6. The highest BCUT2D eigenvalue weighted by atomic mass is 19.1. The minimum Gasteiger partial charge on any atom is -0.370 e. The van der Waals surface area contributed by atoms with Gasteiger partial charge in [0.15, 0.2) is 6.29 Å². The molecule has 1 unspecified atom stereocenters. The van der Waals surface area contributed by atoms with Crippen LogP contribution in [0, 0.1) is 23.1 Å². The van der Waals surface area contributed by atoms with Gasteiger partial charge in [-0.1, -0.05) is 0 Å². The van der Waals surface area contributed by atoms with Crippen LogP contribution in [-0.2, 0) is 0 Å². The van der Waals surface area contributed by atoms with Crippen LogP contribution in [0.5, 0.6) is 0 Å². The molecule has 17 heavy (non-hydrogen) atoms. The lowest BCUT2D eigenvalue weighted by atomic mass is 10.1. The summed E-state index contributed by atoms with van der Waals surface area (Å²) in [6.07, 6.45) is 0.637. The maximum absolute atomic E-state index is 13.0. The van der Waals surface area contributed by atoms with Crippen molar-refractivity contribution in [2.75, 3.05) is 18.0 Å². The van der Waals surface area contributed by atoms with Crippen LogP contribution < -0.4 is 4.90 Å².